The minimum absolute atomic E-state index is 0.221. The molecule has 0 bridgehead atoms. The van der Waals surface area contributed by atoms with E-state index in [4.69, 9.17) is 39.8 Å². The average molecular weight is 558 g/mol. The van der Waals surface area contributed by atoms with Crippen molar-refractivity contribution in [2.75, 3.05) is 11.9 Å². The first-order chi connectivity index (χ1) is 17.8. The highest BCUT2D eigenvalue weighted by atomic mass is 35.5. The van der Waals surface area contributed by atoms with Gasteiger partial charge in [-0.1, -0.05) is 73.3 Å². The van der Waals surface area contributed by atoms with Gasteiger partial charge >= 0.3 is 6.03 Å². The predicted octanol–water partition coefficient (Wildman–Crippen LogP) is 8.13. The van der Waals surface area contributed by atoms with Crippen LogP contribution in [0.3, 0.4) is 0 Å². The summed E-state index contributed by atoms with van der Waals surface area (Å²) in [5.74, 6) is 0.467. The molecule has 0 saturated carbocycles. The molecule has 0 aliphatic rings. The third-order valence-corrected chi connectivity index (χ3v) is 7.09. The van der Waals surface area contributed by atoms with Gasteiger partial charge in [-0.25, -0.2) is 9.78 Å². The largest absolute Gasteiger partial charge is 0.322 e. The number of nitrogens with zero attached hydrogens (tertiary/aromatic N) is 3. The van der Waals surface area contributed by atoms with Crippen LogP contribution in [0.15, 0.2) is 71.5 Å². The Morgan fingerprint density at radius 3 is 2.49 bits per heavy atom. The highest BCUT2D eigenvalue weighted by molar-refractivity contribution is 6.42. The number of nitrogens with one attached hydrogen (secondary N) is 1. The monoisotopic (exact) mass is 556 g/mol. The molecular formula is C28H27Cl3N4O2. The summed E-state index contributed by atoms with van der Waals surface area (Å²) < 4.78 is 1.56. The number of rotatable bonds is 8. The second-order valence-corrected chi connectivity index (χ2v) is 9.89. The maximum absolute atomic E-state index is 13.8. The third kappa shape index (κ3) is 5.93. The molecule has 0 saturated heterocycles. The second-order valence-electron chi connectivity index (χ2n) is 8.64. The van der Waals surface area contributed by atoms with Crippen LogP contribution in [0.2, 0.25) is 15.1 Å². The molecule has 192 valence electrons. The average Bonchev–Trinajstić information content (AvgIpc) is 2.88. The standard InChI is InChI=1S/C28H27Cl3N4O2/c1-3-5-15-34(28(37)32-19-13-14-22(30)23(31)17-19)25(4-2)26-33-24-12-7-6-11-21(24)27(36)35(26)20-10-8-9-18(29)16-20/h6-14,16-17,25H,3-5,15H2,1-2H3,(H,32,37). The molecular weight excluding hydrogens is 531 g/mol. The number of hydrogen-bond donors (Lipinski definition) is 1. The molecule has 6 nitrogen and oxygen atoms in total. The first kappa shape index (κ1) is 27.0. The van der Waals surface area contributed by atoms with Gasteiger partial charge in [0.15, 0.2) is 0 Å². The van der Waals surface area contributed by atoms with Crippen LogP contribution >= 0.6 is 34.8 Å². The van der Waals surface area contributed by atoms with Crippen molar-refractivity contribution in [1.82, 2.24) is 14.5 Å². The molecule has 0 spiro atoms. The summed E-state index contributed by atoms with van der Waals surface area (Å²) in [6, 6.07) is 18.4. The van der Waals surface area contributed by atoms with E-state index < -0.39 is 6.04 Å². The van der Waals surface area contributed by atoms with E-state index in [1.54, 1.807) is 58.0 Å². The lowest BCUT2D eigenvalue weighted by atomic mass is 10.1. The van der Waals surface area contributed by atoms with Gasteiger partial charge in [-0.05, 0) is 61.4 Å². The van der Waals surface area contributed by atoms with Gasteiger partial charge in [0.2, 0.25) is 0 Å². The molecule has 9 heteroatoms. The minimum Gasteiger partial charge on any atom is -0.314 e. The number of hydrogen-bond acceptors (Lipinski definition) is 3. The molecule has 0 aliphatic heterocycles. The van der Waals surface area contributed by atoms with Crippen molar-refractivity contribution < 1.29 is 4.79 Å². The number of halogens is 3. The summed E-state index contributed by atoms with van der Waals surface area (Å²) in [5, 5.41) is 4.66. The van der Waals surface area contributed by atoms with Crippen LogP contribution in [-0.2, 0) is 0 Å². The minimum atomic E-state index is -0.495. The van der Waals surface area contributed by atoms with Crippen molar-refractivity contribution in [3.05, 3.63) is 98.0 Å². The fraction of sp³-hybridized carbons (Fsp3) is 0.250. The van der Waals surface area contributed by atoms with Crippen molar-refractivity contribution in [2.45, 2.75) is 39.2 Å². The molecule has 4 aromatic rings. The number of urea groups is 1. The maximum Gasteiger partial charge on any atom is 0.322 e. The molecule has 0 aliphatic carbocycles. The number of fused-ring (bicyclic) bond motifs is 1. The van der Waals surface area contributed by atoms with E-state index in [0.29, 0.717) is 56.1 Å². The van der Waals surface area contributed by atoms with E-state index in [0.717, 1.165) is 12.8 Å². The van der Waals surface area contributed by atoms with E-state index in [2.05, 4.69) is 12.2 Å². The Balaban J connectivity index is 1.86. The smallest absolute Gasteiger partial charge is 0.314 e. The fourth-order valence-electron chi connectivity index (χ4n) is 4.28. The van der Waals surface area contributed by atoms with E-state index in [1.165, 1.54) is 0 Å². The number of carbonyl (C=O) groups is 1. The van der Waals surface area contributed by atoms with Crippen LogP contribution in [0.1, 0.15) is 45.0 Å². The molecule has 1 heterocycles. The topological polar surface area (TPSA) is 67.2 Å². The number of benzene rings is 3. The van der Waals surface area contributed by atoms with Crippen molar-refractivity contribution in [1.29, 1.82) is 0 Å². The SMILES string of the molecule is CCCCN(C(=O)Nc1ccc(Cl)c(Cl)c1)C(CC)c1nc2ccccc2c(=O)n1-c1cccc(Cl)c1. The molecule has 2 amide bonds. The van der Waals surface area contributed by atoms with Gasteiger partial charge in [0.25, 0.3) is 5.56 Å². The molecule has 0 fully saturated rings. The van der Waals surface area contributed by atoms with Crippen molar-refractivity contribution in [3.8, 4) is 5.69 Å². The zero-order valence-corrected chi connectivity index (χ0v) is 22.8. The lowest BCUT2D eigenvalue weighted by Crippen LogP contribution is -2.41. The Kier molecular flexibility index (Phi) is 8.75. The molecule has 1 aromatic heterocycles. The van der Waals surface area contributed by atoms with Crippen molar-refractivity contribution in [2.24, 2.45) is 0 Å². The molecule has 3 aromatic carbocycles. The van der Waals surface area contributed by atoms with Crippen LogP contribution in [0.25, 0.3) is 16.6 Å². The van der Waals surface area contributed by atoms with E-state index in [9.17, 15) is 9.59 Å². The number of amides is 2. The van der Waals surface area contributed by atoms with E-state index in [-0.39, 0.29) is 11.6 Å². The number of unbranched alkanes of at least 4 members (excludes halogenated alkanes) is 1. The van der Waals surface area contributed by atoms with Gasteiger partial charge < -0.3 is 10.2 Å². The van der Waals surface area contributed by atoms with E-state index >= 15 is 0 Å². The zero-order chi connectivity index (χ0) is 26.5. The normalized spacial score (nSPS) is 11.9. The summed E-state index contributed by atoms with van der Waals surface area (Å²) >= 11 is 18.5. The molecule has 1 N–H and O–H groups in total. The summed E-state index contributed by atoms with van der Waals surface area (Å²) in [6.45, 7) is 4.51. The van der Waals surface area contributed by atoms with Crippen molar-refractivity contribution >= 4 is 57.4 Å². The molecule has 1 atom stereocenters. The van der Waals surface area contributed by atoms with Crippen molar-refractivity contribution in [3.63, 3.8) is 0 Å². The van der Waals surface area contributed by atoms with Gasteiger partial charge in [-0.2, -0.15) is 0 Å². The lowest BCUT2D eigenvalue weighted by Gasteiger charge is -2.32. The number of para-hydroxylation sites is 1. The lowest BCUT2D eigenvalue weighted by molar-refractivity contribution is 0.180. The Morgan fingerprint density at radius 1 is 1.00 bits per heavy atom. The molecule has 37 heavy (non-hydrogen) atoms. The van der Waals surface area contributed by atoms with Crippen LogP contribution < -0.4 is 10.9 Å². The maximum atomic E-state index is 13.8. The quantitative estimate of drug-likeness (QED) is 0.238. The highest BCUT2D eigenvalue weighted by Crippen LogP contribution is 2.29. The van der Waals surface area contributed by atoms with Gasteiger partial charge in [0.05, 0.1) is 32.7 Å². The molecule has 0 radical (unpaired) electrons. The van der Waals surface area contributed by atoms with Crippen LogP contribution in [0.4, 0.5) is 10.5 Å². The number of carbonyl (C=O) groups excluding carboxylic acids is 1. The van der Waals surface area contributed by atoms with Crippen LogP contribution in [0.5, 0.6) is 0 Å². The number of anilines is 1. The predicted molar refractivity (Wildman–Crippen MR) is 152 cm³/mol. The molecule has 1 unspecified atom stereocenters. The zero-order valence-electron chi connectivity index (χ0n) is 20.5. The summed E-state index contributed by atoms with van der Waals surface area (Å²) in [4.78, 5) is 34.1. The van der Waals surface area contributed by atoms with Gasteiger partial charge in [0.1, 0.15) is 5.82 Å². The molecule has 4 rings (SSSR count). The summed E-state index contributed by atoms with van der Waals surface area (Å²) in [5.41, 5.74) is 1.46. The van der Waals surface area contributed by atoms with Crippen LogP contribution in [0, 0.1) is 0 Å². The Bertz CT molecular complexity index is 1490. The summed E-state index contributed by atoms with van der Waals surface area (Å²) in [6.07, 6.45) is 2.20. The number of aromatic nitrogens is 2. The summed E-state index contributed by atoms with van der Waals surface area (Å²) in [7, 11) is 0. The third-order valence-electron chi connectivity index (χ3n) is 6.11. The highest BCUT2D eigenvalue weighted by Gasteiger charge is 2.29. The van der Waals surface area contributed by atoms with Gasteiger partial charge in [-0.15, -0.1) is 0 Å². The Morgan fingerprint density at radius 2 is 1.78 bits per heavy atom. The van der Waals surface area contributed by atoms with E-state index in [1.807, 2.05) is 25.1 Å². The Hall–Kier alpha value is -3.06. The Labute approximate surface area is 230 Å². The first-order valence-electron chi connectivity index (χ1n) is 12.1. The van der Waals surface area contributed by atoms with Gasteiger partial charge in [-0.3, -0.25) is 9.36 Å². The second kappa shape index (κ2) is 12.0. The fourth-order valence-corrected chi connectivity index (χ4v) is 4.76. The van der Waals surface area contributed by atoms with Crippen LogP contribution in [-0.4, -0.2) is 27.0 Å². The van der Waals surface area contributed by atoms with Gasteiger partial charge in [0, 0.05) is 17.3 Å². The first-order valence-corrected chi connectivity index (χ1v) is 13.3.